The molecule has 11 heteroatoms. The fourth-order valence-corrected chi connectivity index (χ4v) is 5.50. The van der Waals surface area contributed by atoms with E-state index in [2.05, 4.69) is 15.6 Å². The second-order valence-electron chi connectivity index (χ2n) is 10.1. The van der Waals surface area contributed by atoms with Crippen molar-refractivity contribution in [3.8, 4) is 0 Å². The minimum atomic E-state index is -4.70. The van der Waals surface area contributed by atoms with E-state index in [1.165, 1.54) is 28.0 Å². The molecule has 1 aromatic heterocycles. The molecule has 0 radical (unpaired) electrons. The minimum absolute atomic E-state index is 0.0347. The molecule has 0 bridgehead atoms. The van der Waals surface area contributed by atoms with Crippen LogP contribution in [0.3, 0.4) is 0 Å². The lowest BCUT2D eigenvalue weighted by atomic mass is 9.91. The normalized spacial score (nSPS) is 17.7. The van der Waals surface area contributed by atoms with Gasteiger partial charge in [-0.1, -0.05) is 54.6 Å². The molecule has 2 aliphatic rings. The molecular formula is C31H30F3N5O3. The van der Waals surface area contributed by atoms with Gasteiger partial charge in [-0.3, -0.25) is 19.5 Å². The van der Waals surface area contributed by atoms with E-state index in [0.29, 0.717) is 12.1 Å². The average Bonchev–Trinajstić information content (AvgIpc) is 3.32. The molecule has 0 fully saturated rings. The Morgan fingerprint density at radius 2 is 1.76 bits per heavy atom. The summed E-state index contributed by atoms with van der Waals surface area (Å²) in [5.74, 6) is -0.996. The molecule has 5 rings (SSSR count). The molecule has 0 saturated heterocycles. The van der Waals surface area contributed by atoms with Gasteiger partial charge in [0.05, 0.1) is 29.4 Å². The second-order valence-corrected chi connectivity index (χ2v) is 10.1. The number of benzene rings is 2. The Morgan fingerprint density at radius 3 is 2.45 bits per heavy atom. The van der Waals surface area contributed by atoms with Gasteiger partial charge < -0.3 is 15.5 Å². The van der Waals surface area contributed by atoms with Crippen LogP contribution >= 0.6 is 0 Å². The van der Waals surface area contributed by atoms with Crippen LogP contribution in [-0.4, -0.2) is 58.3 Å². The van der Waals surface area contributed by atoms with Crippen LogP contribution in [0.1, 0.15) is 35.3 Å². The Hall–Kier alpha value is -4.67. The summed E-state index contributed by atoms with van der Waals surface area (Å²) in [7, 11) is 0. The average molecular weight is 578 g/mol. The quantitative estimate of drug-likeness (QED) is 0.398. The topological polar surface area (TPSA) is 94.6 Å². The van der Waals surface area contributed by atoms with Crippen molar-refractivity contribution >= 4 is 17.8 Å². The second kappa shape index (κ2) is 12.1. The summed E-state index contributed by atoms with van der Waals surface area (Å²) in [5, 5.41) is 5.51. The van der Waals surface area contributed by atoms with Crippen LogP contribution in [-0.2, 0) is 28.6 Å². The van der Waals surface area contributed by atoms with Gasteiger partial charge in [0.15, 0.2) is 0 Å². The number of alkyl halides is 3. The molecule has 4 amide bonds. The summed E-state index contributed by atoms with van der Waals surface area (Å²) in [5.41, 5.74) is 0.768. The molecule has 0 saturated carbocycles. The smallest absolute Gasteiger partial charge is 0.354 e. The minimum Gasteiger partial charge on any atom is -0.354 e. The SMILES string of the molecule is CCN1C(=O)NC(c2ccccc2C(F)(F)F)C2=C1CN(C(Cc1ccccc1)C(=O)NCCc1ccccn1)C2=O. The third kappa shape index (κ3) is 5.86. The third-order valence-corrected chi connectivity index (χ3v) is 7.50. The maximum absolute atomic E-state index is 14.1. The first kappa shape index (κ1) is 28.8. The summed E-state index contributed by atoms with van der Waals surface area (Å²) < 4.78 is 42.0. The largest absolute Gasteiger partial charge is 0.416 e. The zero-order chi connectivity index (χ0) is 29.9. The van der Waals surface area contributed by atoms with Gasteiger partial charge in [-0.05, 0) is 36.2 Å². The highest BCUT2D eigenvalue weighted by molar-refractivity contribution is 6.03. The molecule has 8 nitrogen and oxygen atoms in total. The summed E-state index contributed by atoms with van der Waals surface area (Å²) in [6.45, 7) is 2.09. The number of urea groups is 1. The first-order valence-corrected chi connectivity index (χ1v) is 13.7. The predicted molar refractivity (Wildman–Crippen MR) is 149 cm³/mol. The number of hydrogen-bond donors (Lipinski definition) is 2. The summed E-state index contributed by atoms with van der Waals surface area (Å²) >= 11 is 0. The van der Waals surface area contributed by atoms with Crippen molar-refractivity contribution in [3.05, 3.63) is 113 Å². The van der Waals surface area contributed by atoms with Crippen LogP contribution in [0.4, 0.5) is 18.0 Å². The van der Waals surface area contributed by atoms with Crippen molar-refractivity contribution in [2.75, 3.05) is 19.6 Å². The molecule has 3 aromatic rings. The van der Waals surface area contributed by atoms with Crippen LogP contribution in [0.2, 0.25) is 0 Å². The van der Waals surface area contributed by atoms with Gasteiger partial charge in [0, 0.05) is 37.8 Å². The molecule has 2 unspecified atom stereocenters. The molecule has 42 heavy (non-hydrogen) atoms. The van der Waals surface area contributed by atoms with Crippen LogP contribution < -0.4 is 10.6 Å². The highest BCUT2D eigenvalue weighted by Gasteiger charge is 2.48. The molecule has 2 N–H and O–H groups in total. The number of pyridine rings is 1. The third-order valence-electron chi connectivity index (χ3n) is 7.50. The number of rotatable bonds is 9. The lowest BCUT2D eigenvalue weighted by Gasteiger charge is -2.33. The van der Waals surface area contributed by atoms with Crippen molar-refractivity contribution in [1.82, 2.24) is 25.4 Å². The Bertz CT molecular complexity index is 1490. The predicted octanol–water partition coefficient (Wildman–Crippen LogP) is 4.25. The van der Waals surface area contributed by atoms with Crippen LogP contribution in [0.5, 0.6) is 0 Å². The zero-order valence-corrected chi connectivity index (χ0v) is 22.9. The lowest BCUT2D eigenvalue weighted by molar-refractivity contribution is -0.138. The molecule has 3 heterocycles. The maximum Gasteiger partial charge on any atom is 0.416 e. The maximum atomic E-state index is 14.1. The van der Waals surface area contributed by atoms with Gasteiger partial charge in [-0.2, -0.15) is 13.2 Å². The van der Waals surface area contributed by atoms with Gasteiger partial charge >= 0.3 is 12.2 Å². The number of nitrogens with one attached hydrogen (secondary N) is 2. The first-order valence-electron chi connectivity index (χ1n) is 13.7. The number of aromatic nitrogens is 1. The Kier molecular flexibility index (Phi) is 8.28. The number of carbonyl (C=O) groups is 3. The van der Waals surface area contributed by atoms with E-state index in [9.17, 15) is 27.6 Å². The number of amides is 4. The highest BCUT2D eigenvalue weighted by Crippen LogP contribution is 2.42. The monoisotopic (exact) mass is 577 g/mol. The summed E-state index contributed by atoms with van der Waals surface area (Å²) in [4.78, 5) is 47.8. The van der Waals surface area contributed by atoms with Crippen molar-refractivity contribution in [3.63, 3.8) is 0 Å². The van der Waals surface area contributed by atoms with Gasteiger partial charge in [0.2, 0.25) is 5.91 Å². The van der Waals surface area contributed by atoms with Gasteiger partial charge in [0.25, 0.3) is 5.91 Å². The molecule has 0 spiro atoms. The molecule has 0 aliphatic carbocycles. The van der Waals surface area contributed by atoms with E-state index in [-0.39, 0.29) is 37.2 Å². The molecule has 2 aliphatic heterocycles. The van der Waals surface area contributed by atoms with E-state index in [1.807, 2.05) is 42.5 Å². The Morgan fingerprint density at radius 1 is 1.05 bits per heavy atom. The van der Waals surface area contributed by atoms with E-state index in [4.69, 9.17) is 0 Å². The van der Waals surface area contributed by atoms with E-state index in [0.717, 1.165) is 17.3 Å². The molecule has 218 valence electrons. The highest BCUT2D eigenvalue weighted by atomic mass is 19.4. The molecule has 2 atom stereocenters. The standard InChI is InChI=1S/C31H30F3N5O3/c1-2-38-25-19-39(29(41)26(25)27(37-30(38)42)22-13-6-7-14-23(22)31(32,33)34)24(18-20-10-4-3-5-11-20)28(40)36-17-15-21-12-8-9-16-35-21/h3-14,16,24,27H,2,15,17-19H2,1H3,(H,36,40)(H,37,42). The Labute approximate surface area is 241 Å². The fourth-order valence-electron chi connectivity index (χ4n) is 5.50. The Balaban J connectivity index is 1.48. The number of carbonyl (C=O) groups excluding carboxylic acids is 3. The van der Waals surface area contributed by atoms with E-state index >= 15 is 0 Å². The van der Waals surface area contributed by atoms with Crippen LogP contribution in [0.15, 0.2) is 90.3 Å². The van der Waals surface area contributed by atoms with Crippen molar-refractivity contribution in [2.45, 2.75) is 38.0 Å². The van der Waals surface area contributed by atoms with Gasteiger partial charge in [-0.25, -0.2) is 4.79 Å². The zero-order valence-electron chi connectivity index (χ0n) is 22.9. The van der Waals surface area contributed by atoms with Gasteiger partial charge in [-0.15, -0.1) is 0 Å². The van der Waals surface area contributed by atoms with E-state index in [1.54, 1.807) is 19.2 Å². The number of hydrogen-bond acceptors (Lipinski definition) is 4. The van der Waals surface area contributed by atoms with Crippen LogP contribution in [0.25, 0.3) is 0 Å². The molecule has 2 aromatic carbocycles. The molecular weight excluding hydrogens is 547 g/mol. The summed E-state index contributed by atoms with van der Waals surface area (Å²) in [6, 6.07) is 16.7. The van der Waals surface area contributed by atoms with Crippen molar-refractivity contribution in [2.24, 2.45) is 0 Å². The van der Waals surface area contributed by atoms with Crippen LogP contribution in [0, 0.1) is 0 Å². The first-order chi connectivity index (χ1) is 20.2. The number of likely N-dealkylation sites (N-methyl/N-ethyl adjacent to an activating group) is 1. The van der Waals surface area contributed by atoms with E-state index < -0.39 is 41.7 Å². The van der Waals surface area contributed by atoms with Crippen molar-refractivity contribution < 1.29 is 27.6 Å². The lowest BCUT2D eigenvalue weighted by Crippen LogP contribution is -2.50. The van der Waals surface area contributed by atoms with Crippen molar-refractivity contribution in [1.29, 1.82) is 0 Å². The van der Waals surface area contributed by atoms with Gasteiger partial charge in [0.1, 0.15) is 6.04 Å². The number of halogens is 3. The fraction of sp³-hybridized carbons (Fsp3) is 0.290. The summed E-state index contributed by atoms with van der Waals surface area (Å²) in [6.07, 6.45) is -2.38. The number of nitrogens with zero attached hydrogens (tertiary/aromatic N) is 3.